The minimum Gasteiger partial charge on any atom is -0.325 e. The Hall–Kier alpha value is -2.34. The van der Waals surface area contributed by atoms with Crippen molar-refractivity contribution in [2.24, 2.45) is 0 Å². The summed E-state index contributed by atoms with van der Waals surface area (Å²) in [6.07, 6.45) is 9.37. The summed E-state index contributed by atoms with van der Waals surface area (Å²) in [6.45, 7) is 5.18. The quantitative estimate of drug-likeness (QED) is 0.305. The van der Waals surface area contributed by atoms with Crippen LogP contribution in [0.5, 0.6) is 0 Å². The van der Waals surface area contributed by atoms with E-state index in [1.54, 1.807) is 0 Å². The average Bonchev–Trinajstić information content (AvgIpc) is 3.38. The lowest BCUT2D eigenvalue weighted by molar-refractivity contribution is -0.113. The third-order valence-corrected chi connectivity index (χ3v) is 7.06. The normalized spacial score (nSPS) is 12.6. The lowest BCUT2D eigenvalue weighted by Crippen LogP contribution is -2.15. The lowest BCUT2D eigenvalue weighted by atomic mass is 10.0. The van der Waals surface area contributed by atoms with E-state index in [1.807, 2.05) is 6.07 Å². The molecule has 4 rings (SSSR count). The van der Waals surface area contributed by atoms with Gasteiger partial charge >= 0.3 is 0 Å². The van der Waals surface area contributed by atoms with Crippen molar-refractivity contribution in [3.63, 3.8) is 0 Å². The number of aromatic nitrogens is 3. The number of carbonyl (C=O) groups is 1. The van der Waals surface area contributed by atoms with E-state index in [1.165, 1.54) is 54.0 Å². The van der Waals surface area contributed by atoms with Crippen LogP contribution in [0.4, 0.5) is 5.69 Å². The van der Waals surface area contributed by atoms with E-state index in [2.05, 4.69) is 58.2 Å². The molecule has 0 saturated heterocycles. The van der Waals surface area contributed by atoms with Crippen LogP contribution in [0.3, 0.4) is 0 Å². The molecule has 0 aliphatic heterocycles. The SMILES string of the molecule is CCCCCCCc1nnc(SCC(=O)Nc2ccc3c4c(cccc24)CC3)n1CC. The second kappa shape index (κ2) is 10.3. The Balaban J connectivity index is 1.36. The molecule has 0 saturated carbocycles. The predicted molar refractivity (Wildman–Crippen MR) is 129 cm³/mol. The van der Waals surface area contributed by atoms with Gasteiger partial charge in [0.05, 0.1) is 5.75 Å². The second-order valence-corrected chi connectivity index (χ2v) is 9.20. The molecular weight excluding hydrogens is 404 g/mol. The van der Waals surface area contributed by atoms with Gasteiger partial charge in [0.15, 0.2) is 5.16 Å². The van der Waals surface area contributed by atoms with Crippen LogP contribution in [0.25, 0.3) is 10.8 Å². The maximum Gasteiger partial charge on any atom is 0.234 e. The highest BCUT2D eigenvalue weighted by atomic mass is 32.2. The molecular formula is C25H32N4OS. The Morgan fingerprint density at radius 2 is 1.84 bits per heavy atom. The van der Waals surface area contributed by atoms with Crippen LogP contribution in [-0.2, 0) is 30.6 Å². The first-order valence-corrected chi connectivity index (χ1v) is 12.6. The maximum atomic E-state index is 12.7. The number of carbonyl (C=O) groups excluding carboxylic acids is 1. The second-order valence-electron chi connectivity index (χ2n) is 8.26. The molecule has 0 atom stereocenters. The monoisotopic (exact) mass is 436 g/mol. The zero-order valence-electron chi connectivity index (χ0n) is 18.6. The molecule has 0 unspecified atom stereocenters. The molecule has 5 nitrogen and oxygen atoms in total. The Kier molecular flexibility index (Phi) is 7.28. The van der Waals surface area contributed by atoms with Crippen LogP contribution >= 0.6 is 11.8 Å². The summed E-state index contributed by atoms with van der Waals surface area (Å²) in [5.74, 6) is 1.36. The molecule has 1 N–H and O–H groups in total. The fourth-order valence-corrected chi connectivity index (χ4v) is 5.31. The van der Waals surface area contributed by atoms with Gasteiger partial charge in [-0.3, -0.25) is 4.79 Å². The van der Waals surface area contributed by atoms with Crippen LogP contribution < -0.4 is 5.32 Å². The van der Waals surface area contributed by atoms with Crippen molar-refractivity contribution >= 4 is 34.1 Å². The summed E-state index contributed by atoms with van der Waals surface area (Å²) in [5.41, 5.74) is 3.67. The minimum atomic E-state index is -0.00420. The van der Waals surface area contributed by atoms with Crippen LogP contribution in [0.1, 0.15) is 62.9 Å². The number of nitrogens with zero attached hydrogens (tertiary/aromatic N) is 3. The van der Waals surface area contributed by atoms with E-state index < -0.39 is 0 Å². The fourth-order valence-electron chi connectivity index (χ4n) is 4.49. The van der Waals surface area contributed by atoms with Crippen molar-refractivity contribution in [1.82, 2.24) is 14.8 Å². The summed E-state index contributed by atoms with van der Waals surface area (Å²) >= 11 is 1.47. The molecule has 1 aliphatic rings. The molecule has 31 heavy (non-hydrogen) atoms. The molecule has 2 aromatic carbocycles. The highest BCUT2D eigenvalue weighted by molar-refractivity contribution is 7.99. The van der Waals surface area contributed by atoms with Gasteiger partial charge in [0.1, 0.15) is 5.82 Å². The van der Waals surface area contributed by atoms with E-state index in [4.69, 9.17) is 0 Å². The molecule has 164 valence electrons. The summed E-state index contributed by atoms with van der Waals surface area (Å²) < 4.78 is 2.15. The van der Waals surface area contributed by atoms with Crippen molar-refractivity contribution in [3.8, 4) is 0 Å². The smallest absolute Gasteiger partial charge is 0.234 e. The van der Waals surface area contributed by atoms with E-state index in [0.717, 1.165) is 54.3 Å². The molecule has 1 aliphatic carbocycles. The first kappa shape index (κ1) is 21.9. The number of rotatable bonds is 11. The van der Waals surface area contributed by atoms with E-state index in [9.17, 15) is 4.79 Å². The predicted octanol–water partition coefficient (Wildman–Crippen LogP) is 5.79. The molecule has 6 heteroatoms. The van der Waals surface area contributed by atoms with E-state index in [-0.39, 0.29) is 5.91 Å². The minimum absolute atomic E-state index is 0.00420. The number of hydrogen-bond acceptors (Lipinski definition) is 4. The third-order valence-electron chi connectivity index (χ3n) is 6.10. The van der Waals surface area contributed by atoms with Crippen molar-refractivity contribution in [2.75, 3.05) is 11.1 Å². The zero-order valence-corrected chi connectivity index (χ0v) is 19.4. The van der Waals surface area contributed by atoms with Gasteiger partial charge in [-0.05, 0) is 48.8 Å². The summed E-state index contributed by atoms with van der Waals surface area (Å²) in [6, 6.07) is 10.6. The highest BCUT2D eigenvalue weighted by Gasteiger charge is 2.17. The summed E-state index contributed by atoms with van der Waals surface area (Å²) in [4.78, 5) is 12.7. The highest BCUT2D eigenvalue weighted by Crippen LogP contribution is 2.35. The number of nitrogens with one attached hydrogen (secondary N) is 1. The zero-order chi connectivity index (χ0) is 21.6. The van der Waals surface area contributed by atoms with E-state index in [0.29, 0.717) is 5.75 Å². The van der Waals surface area contributed by atoms with Crippen LogP contribution in [0.15, 0.2) is 35.5 Å². The third kappa shape index (κ3) is 4.95. The molecule has 0 bridgehead atoms. The van der Waals surface area contributed by atoms with Gasteiger partial charge in [0.25, 0.3) is 0 Å². The molecule has 0 radical (unpaired) electrons. The number of amides is 1. The largest absolute Gasteiger partial charge is 0.325 e. The van der Waals surface area contributed by atoms with Crippen molar-refractivity contribution in [2.45, 2.75) is 76.9 Å². The molecule has 1 amide bonds. The van der Waals surface area contributed by atoms with Gasteiger partial charge in [0.2, 0.25) is 5.91 Å². The number of aryl methyl sites for hydroxylation is 3. The van der Waals surface area contributed by atoms with E-state index >= 15 is 0 Å². The maximum absolute atomic E-state index is 12.7. The van der Waals surface area contributed by atoms with Gasteiger partial charge in [-0.2, -0.15) is 0 Å². The van der Waals surface area contributed by atoms with Gasteiger partial charge in [-0.15, -0.1) is 10.2 Å². The first-order chi connectivity index (χ1) is 15.2. The number of benzene rings is 2. The Labute approximate surface area is 189 Å². The molecule has 0 fully saturated rings. The van der Waals surface area contributed by atoms with Gasteiger partial charge < -0.3 is 9.88 Å². The summed E-state index contributed by atoms with van der Waals surface area (Å²) in [7, 11) is 0. The number of anilines is 1. The Bertz CT molecular complexity index is 1050. The van der Waals surface area contributed by atoms with Crippen LogP contribution in [0, 0.1) is 0 Å². The lowest BCUT2D eigenvalue weighted by Gasteiger charge is -2.11. The van der Waals surface area contributed by atoms with Crippen LogP contribution in [-0.4, -0.2) is 26.4 Å². The van der Waals surface area contributed by atoms with Crippen molar-refractivity contribution in [3.05, 3.63) is 47.3 Å². The van der Waals surface area contributed by atoms with Gasteiger partial charge in [0, 0.05) is 24.0 Å². The van der Waals surface area contributed by atoms with Gasteiger partial charge in [-0.1, -0.05) is 68.6 Å². The molecule has 1 aromatic heterocycles. The average molecular weight is 437 g/mol. The number of hydrogen-bond donors (Lipinski definition) is 1. The van der Waals surface area contributed by atoms with Crippen molar-refractivity contribution in [1.29, 1.82) is 0 Å². The molecule has 1 heterocycles. The van der Waals surface area contributed by atoms with Gasteiger partial charge in [-0.25, -0.2) is 0 Å². The number of thioether (sulfide) groups is 1. The standard InChI is InChI=1S/C25H32N4OS/c1-3-5-6-7-8-12-22-27-28-25(29(22)4-2)31-17-23(30)26-21-16-15-19-14-13-18-10-9-11-20(21)24(18)19/h9-11,15-16H,3-8,12-14,17H2,1-2H3,(H,26,30). The van der Waals surface area contributed by atoms with Crippen LogP contribution in [0.2, 0.25) is 0 Å². The summed E-state index contributed by atoms with van der Waals surface area (Å²) in [5, 5.41) is 15.2. The topological polar surface area (TPSA) is 59.8 Å². The number of unbranched alkanes of at least 4 members (excludes halogenated alkanes) is 4. The molecule has 3 aromatic rings. The fraction of sp³-hybridized carbons (Fsp3) is 0.480. The Morgan fingerprint density at radius 1 is 1.03 bits per heavy atom. The Morgan fingerprint density at radius 3 is 2.65 bits per heavy atom. The van der Waals surface area contributed by atoms with Crippen molar-refractivity contribution < 1.29 is 4.79 Å². The molecule has 0 spiro atoms. The first-order valence-electron chi connectivity index (χ1n) is 11.6.